The summed E-state index contributed by atoms with van der Waals surface area (Å²) in [5.41, 5.74) is 0. The Bertz CT molecular complexity index is 139. The molecule has 1 unspecified atom stereocenters. The first-order valence-corrected chi connectivity index (χ1v) is 5.37. The number of nitrogens with zero attached hydrogens (tertiary/aromatic N) is 1. The molecule has 0 saturated carbocycles. The molecule has 2 N–H and O–H groups in total. The largest absolute Gasteiger partial charge is 0.392 e. The van der Waals surface area contributed by atoms with Gasteiger partial charge in [0.15, 0.2) is 0 Å². The highest BCUT2D eigenvalue weighted by atomic mass is 16.3. The smallest absolute Gasteiger partial charge is 0.0636 e. The molecule has 13 heavy (non-hydrogen) atoms. The monoisotopic (exact) mass is 186 g/mol. The Morgan fingerprint density at radius 1 is 1.62 bits per heavy atom. The molecule has 78 valence electrons. The van der Waals surface area contributed by atoms with Crippen molar-refractivity contribution < 1.29 is 5.11 Å². The lowest BCUT2D eigenvalue weighted by Crippen LogP contribution is -2.39. The van der Waals surface area contributed by atoms with Crippen molar-refractivity contribution in [3.63, 3.8) is 0 Å². The van der Waals surface area contributed by atoms with E-state index in [-0.39, 0.29) is 6.10 Å². The highest BCUT2D eigenvalue weighted by Gasteiger charge is 2.21. The van der Waals surface area contributed by atoms with E-state index in [1.165, 1.54) is 19.4 Å². The first-order chi connectivity index (χ1) is 6.24. The molecule has 1 aliphatic rings. The van der Waals surface area contributed by atoms with Crippen LogP contribution in [0.15, 0.2) is 0 Å². The van der Waals surface area contributed by atoms with Crippen LogP contribution in [0.2, 0.25) is 0 Å². The molecular weight excluding hydrogens is 164 g/mol. The molecule has 0 amide bonds. The molecule has 1 heterocycles. The lowest BCUT2D eigenvalue weighted by Gasteiger charge is -2.23. The van der Waals surface area contributed by atoms with E-state index >= 15 is 0 Å². The fourth-order valence-corrected chi connectivity index (χ4v) is 2.00. The Morgan fingerprint density at radius 3 is 3.00 bits per heavy atom. The maximum absolute atomic E-state index is 9.07. The molecule has 2 atom stereocenters. The Morgan fingerprint density at radius 2 is 2.38 bits per heavy atom. The van der Waals surface area contributed by atoms with E-state index in [4.69, 9.17) is 5.11 Å². The summed E-state index contributed by atoms with van der Waals surface area (Å²) in [6.45, 7) is 8.18. The average Bonchev–Trinajstić information content (AvgIpc) is 2.51. The number of hydrogen-bond donors (Lipinski definition) is 2. The molecule has 0 bridgehead atoms. The van der Waals surface area contributed by atoms with Crippen molar-refractivity contribution in [3.8, 4) is 0 Å². The molecule has 1 rings (SSSR count). The van der Waals surface area contributed by atoms with Crippen LogP contribution in [-0.4, -0.2) is 48.3 Å². The summed E-state index contributed by atoms with van der Waals surface area (Å²) in [4.78, 5) is 2.51. The van der Waals surface area contributed by atoms with Gasteiger partial charge in [-0.3, -0.25) is 4.90 Å². The van der Waals surface area contributed by atoms with Gasteiger partial charge in [0.1, 0.15) is 0 Å². The minimum Gasteiger partial charge on any atom is -0.392 e. The third-order valence-electron chi connectivity index (χ3n) is 2.72. The summed E-state index contributed by atoms with van der Waals surface area (Å²) in [6.07, 6.45) is 2.41. The molecule has 0 aromatic carbocycles. The zero-order chi connectivity index (χ0) is 9.68. The molecule has 1 aliphatic heterocycles. The van der Waals surface area contributed by atoms with Crippen LogP contribution in [0.5, 0.6) is 0 Å². The van der Waals surface area contributed by atoms with Crippen molar-refractivity contribution in [2.75, 3.05) is 26.2 Å². The first-order valence-electron chi connectivity index (χ1n) is 5.37. The molecule has 3 nitrogen and oxygen atoms in total. The SMILES string of the molecule is CCN1CCCC1CNC[C@@H](C)O. The quantitative estimate of drug-likeness (QED) is 0.654. The van der Waals surface area contributed by atoms with E-state index in [1.54, 1.807) is 0 Å². The second-order valence-electron chi connectivity index (χ2n) is 3.93. The molecule has 0 aromatic rings. The van der Waals surface area contributed by atoms with Crippen LogP contribution < -0.4 is 5.32 Å². The zero-order valence-electron chi connectivity index (χ0n) is 8.79. The first kappa shape index (κ1) is 11.0. The van der Waals surface area contributed by atoms with Gasteiger partial charge in [-0.1, -0.05) is 6.92 Å². The summed E-state index contributed by atoms with van der Waals surface area (Å²) in [6, 6.07) is 0.698. The molecule has 1 fully saturated rings. The third-order valence-corrected chi connectivity index (χ3v) is 2.72. The van der Waals surface area contributed by atoms with Crippen LogP contribution >= 0.6 is 0 Å². The fraction of sp³-hybridized carbons (Fsp3) is 1.00. The second-order valence-corrected chi connectivity index (χ2v) is 3.93. The minimum absolute atomic E-state index is 0.225. The van der Waals surface area contributed by atoms with Crippen molar-refractivity contribution in [2.45, 2.75) is 38.8 Å². The molecule has 0 spiro atoms. The highest BCUT2D eigenvalue weighted by molar-refractivity contribution is 4.80. The average molecular weight is 186 g/mol. The predicted molar refractivity (Wildman–Crippen MR) is 54.8 cm³/mol. The summed E-state index contributed by atoms with van der Waals surface area (Å²) in [7, 11) is 0. The normalized spacial score (nSPS) is 26.5. The van der Waals surface area contributed by atoms with Gasteiger partial charge in [-0.25, -0.2) is 0 Å². The maximum atomic E-state index is 9.07. The molecule has 0 aromatic heterocycles. The van der Waals surface area contributed by atoms with E-state index in [1.807, 2.05) is 6.92 Å². The fourth-order valence-electron chi connectivity index (χ4n) is 2.00. The molecule has 0 radical (unpaired) electrons. The van der Waals surface area contributed by atoms with Gasteiger partial charge in [0.2, 0.25) is 0 Å². The van der Waals surface area contributed by atoms with Gasteiger partial charge >= 0.3 is 0 Å². The molecule has 3 heteroatoms. The third kappa shape index (κ3) is 3.63. The van der Waals surface area contributed by atoms with Gasteiger partial charge in [-0.2, -0.15) is 0 Å². The number of likely N-dealkylation sites (tertiary alicyclic amines) is 1. The predicted octanol–water partition coefficient (Wildman–Crippen LogP) is 0.441. The Labute approximate surface area is 81.1 Å². The van der Waals surface area contributed by atoms with Gasteiger partial charge in [-0.15, -0.1) is 0 Å². The number of rotatable bonds is 5. The maximum Gasteiger partial charge on any atom is 0.0636 e. The van der Waals surface area contributed by atoms with Gasteiger partial charge in [0, 0.05) is 19.1 Å². The standard InChI is InChI=1S/C10H22N2O/c1-3-12-6-4-5-10(12)8-11-7-9(2)13/h9-11,13H,3-8H2,1-2H3/t9-,10?/m1/s1. The summed E-state index contributed by atoms with van der Waals surface area (Å²) >= 11 is 0. The van der Waals surface area contributed by atoms with Crippen molar-refractivity contribution >= 4 is 0 Å². The van der Waals surface area contributed by atoms with Crippen molar-refractivity contribution in [1.82, 2.24) is 10.2 Å². The summed E-state index contributed by atoms with van der Waals surface area (Å²) in [5.74, 6) is 0. The van der Waals surface area contributed by atoms with Gasteiger partial charge in [-0.05, 0) is 32.9 Å². The Balaban J connectivity index is 2.13. The number of nitrogens with one attached hydrogen (secondary N) is 1. The molecule has 0 aliphatic carbocycles. The number of aliphatic hydroxyl groups excluding tert-OH is 1. The minimum atomic E-state index is -0.225. The van der Waals surface area contributed by atoms with E-state index in [2.05, 4.69) is 17.1 Å². The summed E-state index contributed by atoms with van der Waals surface area (Å²) in [5, 5.41) is 12.4. The van der Waals surface area contributed by atoms with Crippen LogP contribution in [0.4, 0.5) is 0 Å². The van der Waals surface area contributed by atoms with E-state index in [0.717, 1.165) is 13.1 Å². The zero-order valence-corrected chi connectivity index (χ0v) is 8.79. The Hall–Kier alpha value is -0.120. The van der Waals surface area contributed by atoms with Crippen molar-refractivity contribution in [2.24, 2.45) is 0 Å². The van der Waals surface area contributed by atoms with E-state index in [0.29, 0.717) is 12.6 Å². The van der Waals surface area contributed by atoms with Gasteiger partial charge < -0.3 is 10.4 Å². The number of likely N-dealkylation sites (N-methyl/N-ethyl adjacent to an activating group) is 1. The second kappa shape index (κ2) is 5.58. The number of hydrogen-bond acceptors (Lipinski definition) is 3. The molecule has 1 saturated heterocycles. The van der Waals surface area contributed by atoms with Gasteiger partial charge in [0.05, 0.1) is 6.10 Å². The molecular formula is C10H22N2O. The van der Waals surface area contributed by atoms with Crippen molar-refractivity contribution in [3.05, 3.63) is 0 Å². The van der Waals surface area contributed by atoms with Crippen LogP contribution in [0.3, 0.4) is 0 Å². The van der Waals surface area contributed by atoms with Crippen LogP contribution in [0.25, 0.3) is 0 Å². The van der Waals surface area contributed by atoms with E-state index < -0.39 is 0 Å². The van der Waals surface area contributed by atoms with Crippen LogP contribution in [0.1, 0.15) is 26.7 Å². The van der Waals surface area contributed by atoms with Crippen LogP contribution in [-0.2, 0) is 0 Å². The van der Waals surface area contributed by atoms with Crippen molar-refractivity contribution in [1.29, 1.82) is 0 Å². The lowest BCUT2D eigenvalue weighted by atomic mass is 10.2. The topological polar surface area (TPSA) is 35.5 Å². The summed E-state index contributed by atoms with van der Waals surface area (Å²) < 4.78 is 0. The lowest BCUT2D eigenvalue weighted by molar-refractivity contribution is 0.183. The number of aliphatic hydroxyl groups is 1. The van der Waals surface area contributed by atoms with Gasteiger partial charge in [0.25, 0.3) is 0 Å². The van der Waals surface area contributed by atoms with Crippen LogP contribution in [0, 0.1) is 0 Å². The van der Waals surface area contributed by atoms with E-state index in [9.17, 15) is 0 Å². The highest BCUT2D eigenvalue weighted by Crippen LogP contribution is 2.15. The Kier molecular flexibility index (Phi) is 4.70.